The summed E-state index contributed by atoms with van der Waals surface area (Å²) in [5.41, 5.74) is 5.66. The molecule has 3 aliphatic heterocycles. The van der Waals surface area contributed by atoms with E-state index in [1.807, 2.05) is 6.92 Å². The van der Waals surface area contributed by atoms with Crippen molar-refractivity contribution in [2.75, 3.05) is 19.8 Å². The highest BCUT2D eigenvalue weighted by Gasteiger charge is 2.47. The molecule has 1 unspecified atom stereocenters. The van der Waals surface area contributed by atoms with E-state index in [-0.39, 0.29) is 6.04 Å². The van der Waals surface area contributed by atoms with E-state index in [2.05, 4.69) is 0 Å². The Bertz CT molecular complexity index is 138. The van der Waals surface area contributed by atoms with Crippen LogP contribution >= 0.6 is 0 Å². The van der Waals surface area contributed by atoms with Crippen molar-refractivity contribution in [2.45, 2.75) is 18.9 Å². The number of rotatable bonds is 1. The van der Waals surface area contributed by atoms with Gasteiger partial charge in [0.25, 0.3) is 5.97 Å². The third-order valence-corrected chi connectivity index (χ3v) is 2.12. The monoisotopic (exact) mass is 159 g/mol. The van der Waals surface area contributed by atoms with Gasteiger partial charge < -0.3 is 19.9 Å². The van der Waals surface area contributed by atoms with Gasteiger partial charge in [-0.15, -0.1) is 0 Å². The molecular weight excluding hydrogens is 146 g/mol. The maximum absolute atomic E-state index is 5.66. The van der Waals surface area contributed by atoms with Gasteiger partial charge in [-0.05, 0) is 6.92 Å². The summed E-state index contributed by atoms with van der Waals surface area (Å²) in [7, 11) is 0. The van der Waals surface area contributed by atoms with E-state index in [4.69, 9.17) is 19.9 Å². The van der Waals surface area contributed by atoms with Crippen molar-refractivity contribution < 1.29 is 14.2 Å². The largest absolute Gasteiger partial charge is 0.326 e. The summed E-state index contributed by atoms with van der Waals surface area (Å²) in [6.07, 6.45) is 0. The van der Waals surface area contributed by atoms with Crippen molar-refractivity contribution in [1.82, 2.24) is 0 Å². The van der Waals surface area contributed by atoms with Crippen LogP contribution in [0.3, 0.4) is 0 Å². The first-order valence-electron chi connectivity index (χ1n) is 3.90. The lowest BCUT2D eigenvalue weighted by molar-refractivity contribution is -0.453. The fourth-order valence-corrected chi connectivity index (χ4v) is 1.37. The summed E-state index contributed by atoms with van der Waals surface area (Å²) in [4.78, 5) is 0. The molecule has 64 valence electrons. The molecule has 2 N–H and O–H groups in total. The summed E-state index contributed by atoms with van der Waals surface area (Å²) in [5.74, 6) is -0.537. The van der Waals surface area contributed by atoms with Crippen LogP contribution in [0.4, 0.5) is 0 Å². The predicted molar refractivity (Wildman–Crippen MR) is 37.7 cm³/mol. The first-order chi connectivity index (χ1) is 5.23. The van der Waals surface area contributed by atoms with E-state index >= 15 is 0 Å². The van der Waals surface area contributed by atoms with Crippen LogP contribution in [0.15, 0.2) is 0 Å². The number of hydrogen-bond acceptors (Lipinski definition) is 4. The van der Waals surface area contributed by atoms with Crippen LogP contribution in [-0.2, 0) is 14.2 Å². The van der Waals surface area contributed by atoms with Gasteiger partial charge in [0.15, 0.2) is 0 Å². The van der Waals surface area contributed by atoms with Crippen LogP contribution in [0.2, 0.25) is 0 Å². The first-order valence-corrected chi connectivity index (χ1v) is 3.90. The normalized spacial score (nSPS) is 45.8. The predicted octanol–water partition coefficient (Wildman–Crippen LogP) is -0.319. The minimum atomic E-state index is -0.936. The summed E-state index contributed by atoms with van der Waals surface area (Å²) in [6, 6.07) is -0.233. The second kappa shape index (κ2) is 2.42. The molecule has 0 aromatic carbocycles. The van der Waals surface area contributed by atoms with Crippen LogP contribution in [0, 0.1) is 5.92 Å². The molecule has 0 saturated carbocycles. The minimum Gasteiger partial charge on any atom is -0.326 e. The van der Waals surface area contributed by atoms with Crippen LogP contribution in [0.25, 0.3) is 0 Å². The highest BCUT2D eigenvalue weighted by Crippen LogP contribution is 2.31. The number of fused-ring (bicyclic) bond motifs is 3. The molecule has 3 heterocycles. The Hall–Kier alpha value is -0.160. The van der Waals surface area contributed by atoms with Crippen LogP contribution in [0.5, 0.6) is 0 Å². The molecule has 0 amide bonds. The Morgan fingerprint density at radius 1 is 1.27 bits per heavy atom. The van der Waals surface area contributed by atoms with Gasteiger partial charge in [-0.1, -0.05) is 0 Å². The molecule has 3 saturated heterocycles. The minimum absolute atomic E-state index is 0.233. The lowest BCUT2D eigenvalue weighted by Gasteiger charge is -2.46. The third kappa shape index (κ3) is 1.06. The summed E-state index contributed by atoms with van der Waals surface area (Å²) in [6.45, 7) is 3.95. The maximum Gasteiger partial charge on any atom is 0.298 e. The standard InChI is InChI=1S/C7H13NO3/c1-5(8)7-9-2-6(3-10-7)4-11-7/h5-6H,2-4,8H2,1H3. The first kappa shape index (κ1) is 7.49. The van der Waals surface area contributed by atoms with E-state index in [1.165, 1.54) is 0 Å². The van der Waals surface area contributed by atoms with Crippen molar-refractivity contribution in [3.63, 3.8) is 0 Å². The topological polar surface area (TPSA) is 53.7 Å². The zero-order valence-corrected chi connectivity index (χ0v) is 6.58. The lowest BCUT2D eigenvalue weighted by Crippen LogP contribution is -2.61. The smallest absolute Gasteiger partial charge is 0.298 e. The quantitative estimate of drug-likeness (QED) is 0.569. The van der Waals surface area contributed by atoms with Crippen LogP contribution < -0.4 is 5.73 Å². The van der Waals surface area contributed by atoms with Gasteiger partial charge in [0.1, 0.15) is 0 Å². The SMILES string of the molecule is CC(N)C12OCC(CO1)CO2. The van der Waals surface area contributed by atoms with Crippen LogP contribution in [0.1, 0.15) is 6.92 Å². The fourth-order valence-electron chi connectivity index (χ4n) is 1.37. The Labute approximate surface area is 65.6 Å². The van der Waals surface area contributed by atoms with Gasteiger partial charge in [0.2, 0.25) is 0 Å². The van der Waals surface area contributed by atoms with Crippen molar-refractivity contribution in [3.8, 4) is 0 Å². The number of nitrogens with two attached hydrogens (primary N) is 1. The summed E-state index contributed by atoms with van der Waals surface area (Å²) >= 11 is 0. The Morgan fingerprint density at radius 2 is 1.73 bits per heavy atom. The molecule has 0 aromatic rings. The fraction of sp³-hybridized carbons (Fsp3) is 1.00. The van der Waals surface area contributed by atoms with Crippen LogP contribution in [-0.4, -0.2) is 31.8 Å². The number of hydrogen-bond donors (Lipinski definition) is 1. The van der Waals surface area contributed by atoms with Crippen molar-refractivity contribution in [1.29, 1.82) is 0 Å². The maximum atomic E-state index is 5.66. The Morgan fingerprint density at radius 3 is 2.00 bits per heavy atom. The van der Waals surface area contributed by atoms with Gasteiger partial charge in [-0.3, -0.25) is 0 Å². The van der Waals surface area contributed by atoms with Crippen molar-refractivity contribution in [2.24, 2.45) is 11.7 Å². The molecule has 0 spiro atoms. The Balaban J connectivity index is 2.12. The molecule has 0 aliphatic carbocycles. The summed E-state index contributed by atoms with van der Waals surface area (Å²) in [5, 5.41) is 0. The molecule has 3 rings (SSSR count). The highest BCUT2D eigenvalue weighted by molar-refractivity contribution is 4.80. The summed E-state index contributed by atoms with van der Waals surface area (Å²) < 4.78 is 16.1. The van der Waals surface area contributed by atoms with Crippen molar-refractivity contribution >= 4 is 0 Å². The van der Waals surface area contributed by atoms with Gasteiger partial charge in [-0.2, -0.15) is 0 Å². The van der Waals surface area contributed by atoms with E-state index in [1.54, 1.807) is 0 Å². The molecule has 4 heteroatoms. The molecule has 3 fully saturated rings. The molecule has 0 aromatic heterocycles. The van der Waals surface area contributed by atoms with Gasteiger partial charge in [-0.25, -0.2) is 0 Å². The molecule has 4 nitrogen and oxygen atoms in total. The third-order valence-electron chi connectivity index (χ3n) is 2.12. The second-order valence-electron chi connectivity index (χ2n) is 3.19. The average Bonchev–Trinajstić information content (AvgIpc) is 2.08. The zero-order valence-electron chi connectivity index (χ0n) is 6.58. The molecule has 2 bridgehead atoms. The number of ether oxygens (including phenoxy) is 3. The molecule has 1 atom stereocenters. The van der Waals surface area contributed by atoms with E-state index < -0.39 is 5.97 Å². The molecule has 3 aliphatic rings. The lowest BCUT2D eigenvalue weighted by atomic mass is 10.1. The van der Waals surface area contributed by atoms with Gasteiger partial charge in [0, 0.05) is 5.92 Å². The van der Waals surface area contributed by atoms with E-state index in [0.29, 0.717) is 25.7 Å². The molecular formula is C7H13NO3. The average molecular weight is 159 g/mol. The molecule has 0 radical (unpaired) electrons. The Kier molecular flexibility index (Phi) is 1.64. The second-order valence-corrected chi connectivity index (χ2v) is 3.19. The van der Waals surface area contributed by atoms with E-state index in [9.17, 15) is 0 Å². The highest BCUT2D eigenvalue weighted by atomic mass is 16.9. The van der Waals surface area contributed by atoms with E-state index in [0.717, 1.165) is 0 Å². The van der Waals surface area contributed by atoms with Crippen molar-refractivity contribution in [3.05, 3.63) is 0 Å². The molecule has 11 heavy (non-hydrogen) atoms. The van der Waals surface area contributed by atoms with Gasteiger partial charge >= 0.3 is 0 Å². The van der Waals surface area contributed by atoms with Gasteiger partial charge in [0.05, 0.1) is 25.9 Å². The zero-order chi connectivity index (χ0) is 7.90.